The van der Waals surface area contributed by atoms with Crippen LogP contribution in [0.25, 0.3) is 0 Å². The Morgan fingerprint density at radius 2 is 1.86 bits per heavy atom. The summed E-state index contributed by atoms with van der Waals surface area (Å²) in [7, 11) is 3.18. The van der Waals surface area contributed by atoms with E-state index >= 15 is 0 Å². The Balaban J connectivity index is 1.66. The van der Waals surface area contributed by atoms with Gasteiger partial charge in [-0.2, -0.15) is 5.10 Å². The number of hydrogen-bond donors (Lipinski definition) is 2. The van der Waals surface area contributed by atoms with E-state index in [2.05, 4.69) is 15.7 Å². The number of ether oxygens (including phenoxy) is 2. The molecule has 3 aromatic rings. The lowest BCUT2D eigenvalue weighted by molar-refractivity contribution is 0.395. The van der Waals surface area contributed by atoms with Crippen LogP contribution < -0.4 is 20.1 Å². The fourth-order valence-corrected chi connectivity index (χ4v) is 3.29. The summed E-state index contributed by atoms with van der Waals surface area (Å²) in [4.78, 5) is 0. The Bertz CT molecular complexity index is 974. The van der Waals surface area contributed by atoms with Crippen molar-refractivity contribution in [3.8, 4) is 11.5 Å². The van der Waals surface area contributed by atoms with Gasteiger partial charge in [0.2, 0.25) is 0 Å². The van der Waals surface area contributed by atoms with Crippen LogP contribution in [0.15, 0.2) is 48.8 Å². The molecule has 9 heteroatoms. The number of thiocarbonyl (C=S) groups is 1. The molecular formula is C19H18Cl2N4O2S. The summed E-state index contributed by atoms with van der Waals surface area (Å²) >= 11 is 17.8. The zero-order chi connectivity index (χ0) is 20.1. The number of aromatic nitrogens is 2. The van der Waals surface area contributed by atoms with Crippen molar-refractivity contribution in [1.29, 1.82) is 0 Å². The van der Waals surface area contributed by atoms with Crippen molar-refractivity contribution in [3.63, 3.8) is 0 Å². The molecule has 1 heterocycles. The minimum absolute atomic E-state index is 0.402. The molecule has 0 aliphatic carbocycles. The summed E-state index contributed by atoms with van der Waals surface area (Å²) in [6, 6.07) is 10.8. The Labute approximate surface area is 178 Å². The van der Waals surface area contributed by atoms with Crippen LogP contribution in [0, 0.1) is 0 Å². The maximum Gasteiger partial charge on any atom is 0.175 e. The molecule has 2 N–H and O–H groups in total. The van der Waals surface area contributed by atoms with Gasteiger partial charge in [0.15, 0.2) is 5.11 Å². The second kappa shape index (κ2) is 9.14. The molecular weight excluding hydrogens is 419 g/mol. The third-order valence-corrected chi connectivity index (χ3v) is 4.84. The Hall–Kier alpha value is -2.48. The van der Waals surface area contributed by atoms with Crippen molar-refractivity contribution in [2.45, 2.75) is 6.54 Å². The number of nitrogens with zero attached hydrogens (tertiary/aromatic N) is 2. The molecule has 0 saturated heterocycles. The maximum atomic E-state index is 6.22. The summed E-state index contributed by atoms with van der Waals surface area (Å²) in [6.07, 6.45) is 3.49. The molecule has 0 fully saturated rings. The lowest BCUT2D eigenvalue weighted by atomic mass is 10.2. The van der Waals surface area contributed by atoms with Gasteiger partial charge in [0.05, 0.1) is 38.3 Å². The molecule has 0 aliphatic rings. The van der Waals surface area contributed by atoms with Crippen LogP contribution in [-0.2, 0) is 6.54 Å². The first-order valence-electron chi connectivity index (χ1n) is 8.25. The van der Waals surface area contributed by atoms with Crippen LogP contribution in [0.4, 0.5) is 11.4 Å². The first-order chi connectivity index (χ1) is 13.5. The lowest BCUT2D eigenvalue weighted by Crippen LogP contribution is -2.19. The quantitative estimate of drug-likeness (QED) is 0.526. The van der Waals surface area contributed by atoms with Gasteiger partial charge < -0.3 is 20.1 Å². The summed E-state index contributed by atoms with van der Waals surface area (Å²) in [6.45, 7) is 0.451. The van der Waals surface area contributed by atoms with Crippen molar-refractivity contribution in [2.75, 3.05) is 24.9 Å². The van der Waals surface area contributed by atoms with Gasteiger partial charge in [0.1, 0.15) is 11.5 Å². The predicted molar refractivity (Wildman–Crippen MR) is 117 cm³/mol. The number of halogens is 2. The van der Waals surface area contributed by atoms with E-state index in [1.165, 1.54) is 0 Å². The van der Waals surface area contributed by atoms with Crippen LogP contribution >= 0.6 is 35.4 Å². The average Bonchev–Trinajstić information content (AvgIpc) is 3.12. The van der Waals surface area contributed by atoms with E-state index in [4.69, 9.17) is 44.9 Å². The molecule has 2 aromatic carbocycles. The molecule has 0 spiro atoms. The molecule has 0 aliphatic heterocycles. The molecule has 6 nitrogen and oxygen atoms in total. The zero-order valence-corrected chi connectivity index (χ0v) is 17.5. The Morgan fingerprint density at radius 3 is 2.54 bits per heavy atom. The number of methoxy groups -OCH3 is 2. The zero-order valence-electron chi connectivity index (χ0n) is 15.2. The monoisotopic (exact) mass is 436 g/mol. The van der Waals surface area contributed by atoms with Crippen LogP contribution in [0.1, 0.15) is 5.56 Å². The van der Waals surface area contributed by atoms with Crippen molar-refractivity contribution in [3.05, 3.63) is 64.4 Å². The van der Waals surface area contributed by atoms with E-state index in [0.29, 0.717) is 33.2 Å². The summed E-state index contributed by atoms with van der Waals surface area (Å²) < 4.78 is 12.3. The summed E-state index contributed by atoms with van der Waals surface area (Å²) in [5.74, 6) is 1.31. The van der Waals surface area contributed by atoms with Crippen LogP contribution in [0.3, 0.4) is 0 Å². The van der Waals surface area contributed by atoms with Gasteiger partial charge >= 0.3 is 0 Å². The van der Waals surface area contributed by atoms with Gasteiger partial charge in [-0.15, -0.1) is 0 Å². The van der Waals surface area contributed by atoms with Crippen molar-refractivity contribution in [1.82, 2.24) is 9.78 Å². The van der Waals surface area contributed by atoms with Crippen LogP contribution in [0.5, 0.6) is 11.5 Å². The van der Waals surface area contributed by atoms with E-state index in [-0.39, 0.29) is 0 Å². The molecule has 0 atom stereocenters. The highest BCUT2D eigenvalue weighted by Crippen LogP contribution is 2.29. The third kappa shape index (κ3) is 4.86. The molecule has 0 saturated carbocycles. The van der Waals surface area contributed by atoms with Crippen LogP contribution in [0.2, 0.25) is 10.0 Å². The molecule has 0 bridgehead atoms. The molecule has 0 amide bonds. The van der Waals surface area contributed by atoms with Gasteiger partial charge in [-0.25, -0.2) is 0 Å². The second-order valence-corrected chi connectivity index (χ2v) is 6.99. The summed E-state index contributed by atoms with van der Waals surface area (Å²) in [5, 5.41) is 12.1. The van der Waals surface area contributed by atoms with Crippen LogP contribution in [-0.4, -0.2) is 29.1 Å². The minimum Gasteiger partial charge on any atom is -0.497 e. The third-order valence-electron chi connectivity index (χ3n) is 3.93. The number of anilines is 2. The van der Waals surface area contributed by atoms with Crippen molar-refractivity contribution >= 4 is 51.9 Å². The van der Waals surface area contributed by atoms with Gasteiger partial charge in [0, 0.05) is 27.9 Å². The van der Waals surface area contributed by atoms with Crippen molar-refractivity contribution in [2.24, 2.45) is 0 Å². The molecule has 0 unspecified atom stereocenters. The minimum atomic E-state index is 0.402. The largest absolute Gasteiger partial charge is 0.497 e. The van der Waals surface area contributed by atoms with E-state index in [1.807, 2.05) is 24.4 Å². The van der Waals surface area contributed by atoms with Gasteiger partial charge in [-0.1, -0.05) is 29.3 Å². The van der Waals surface area contributed by atoms with E-state index < -0.39 is 0 Å². The molecule has 1 aromatic heterocycles. The average molecular weight is 437 g/mol. The Kier molecular flexibility index (Phi) is 6.61. The summed E-state index contributed by atoms with van der Waals surface area (Å²) in [5.41, 5.74) is 2.26. The maximum absolute atomic E-state index is 6.22. The topological polar surface area (TPSA) is 60.3 Å². The smallest absolute Gasteiger partial charge is 0.175 e. The number of hydrogen-bond acceptors (Lipinski definition) is 4. The molecule has 146 valence electrons. The van der Waals surface area contributed by atoms with E-state index in [1.54, 1.807) is 43.3 Å². The fraction of sp³-hybridized carbons (Fsp3) is 0.158. The van der Waals surface area contributed by atoms with Gasteiger partial charge in [0.25, 0.3) is 0 Å². The first-order valence-corrected chi connectivity index (χ1v) is 9.42. The van der Waals surface area contributed by atoms with E-state index in [0.717, 1.165) is 16.9 Å². The number of nitrogens with one attached hydrogen (secondary N) is 2. The molecule has 28 heavy (non-hydrogen) atoms. The van der Waals surface area contributed by atoms with E-state index in [9.17, 15) is 0 Å². The normalized spacial score (nSPS) is 10.4. The lowest BCUT2D eigenvalue weighted by Gasteiger charge is -2.13. The molecule has 3 rings (SSSR count). The van der Waals surface area contributed by atoms with Crippen molar-refractivity contribution < 1.29 is 9.47 Å². The Morgan fingerprint density at radius 1 is 1.11 bits per heavy atom. The van der Waals surface area contributed by atoms with Gasteiger partial charge in [-0.05, 0) is 36.5 Å². The fourth-order valence-electron chi connectivity index (χ4n) is 2.55. The number of benzene rings is 2. The highest BCUT2D eigenvalue weighted by molar-refractivity contribution is 7.80. The number of rotatable bonds is 6. The first kappa shape index (κ1) is 20.3. The highest BCUT2D eigenvalue weighted by Gasteiger charge is 2.10. The van der Waals surface area contributed by atoms with Gasteiger partial charge in [-0.3, -0.25) is 4.68 Å². The second-order valence-electron chi connectivity index (χ2n) is 5.77. The standard InChI is InChI=1S/C19H18Cl2N4O2S/c1-26-13-6-7-17(18(8-13)27-2)24-19(28)23-12-9-22-25(10-12)11-14-15(20)4-3-5-16(14)21/h3-10H,11H2,1-2H3,(H2,23,24,28). The molecule has 0 radical (unpaired) electrons. The predicted octanol–water partition coefficient (Wildman–Crippen LogP) is 5.06. The SMILES string of the molecule is COc1ccc(NC(=S)Nc2cnn(Cc3c(Cl)cccc3Cl)c2)c(OC)c1. The highest BCUT2D eigenvalue weighted by atomic mass is 35.5.